The van der Waals surface area contributed by atoms with Gasteiger partial charge in [0, 0.05) is 30.7 Å². The number of carbonyl (C=O) groups is 3. The highest BCUT2D eigenvalue weighted by molar-refractivity contribution is 9.10. The second kappa shape index (κ2) is 8.85. The summed E-state index contributed by atoms with van der Waals surface area (Å²) >= 11 is 3.33. The minimum atomic E-state index is -0.447. The predicted molar refractivity (Wildman–Crippen MR) is 100.0 cm³/mol. The van der Waals surface area contributed by atoms with Crippen molar-refractivity contribution in [2.75, 3.05) is 32.8 Å². The molecule has 2 heterocycles. The van der Waals surface area contributed by atoms with Crippen LogP contribution in [0.3, 0.4) is 0 Å². The van der Waals surface area contributed by atoms with Crippen LogP contribution in [-0.4, -0.2) is 60.4 Å². The zero-order valence-electron chi connectivity index (χ0n) is 14.6. The summed E-state index contributed by atoms with van der Waals surface area (Å²) < 4.78 is 11.1. The molecule has 7 nitrogen and oxygen atoms in total. The molecule has 0 radical (unpaired) electrons. The monoisotopic (exact) mass is 434 g/mol. The van der Waals surface area contributed by atoms with Crippen LogP contribution in [0.5, 0.6) is 0 Å². The van der Waals surface area contributed by atoms with E-state index in [0.29, 0.717) is 26.2 Å². The minimum absolute atomic E-state index is 0.117. The van der Waals surface area contributed by atoms with Crippen molar-refractivity contribution in [2.24, 2.45) is 0 Å². The highest BCUT2D eigenvalue weighted by Gasteiger charge is 2.26. The first-order valence-corrected chi connectivity index (χ1v) is 9.33. The second-order valence-electron chi connectivity index (χ2n) is 6.11. The maximum atomic E-state index is 12.2. The molecule has 1 aliphatic heterocycles. The Labute approximate surface area is 165 Å². The molecule has 2 amide bonds. The molecule has 0 atom stereocenters. The highest BCUT2D eigenvalue weighted by atomic mass is 79.9. The summed E-state index contributed by atoms with van der Waals surface area (Å²) in [7, 11) is 0. The quantitative estimate of drug-likeness (QED) is 0.673. The van der Waals surface area contributed by atoms with Gasteiger partial charge in [-0.2, -0.15) is 0 Å². The fraction of sp³-hybridized carbons (Fsp3) is 0.316. The van der Waals surface area contributed by atoms with Crippen molar-refractivity contribution in [3.63, 3.8) is 0 Å². The van der Waals surface area contributed by atoms with Crippen LogP contribution >= 0.6 is 15.9 Å². The summed E-state index contributed by atoms with van der Waals surface area (Å²) in [5.74, 6) is -0.605. The van der Waals surface area contributed by atoms with Gasteiger partial charge in [0.2, 0.25) is 0 Å². The molecule has 1 fully saturated rings. The molecular weight excluding hydrogens is 416 g/mol. The van der Waals surface area contributed by atoms with Gasteiger partial charge in [0.25, 0.3) is 11.8 Å². The van der Waals surface area contributed by atoms with E-state index in [1.807, 2.05) is 24.3 Å². The van der Waals surface area contributed by atoms with Gasteiger partial charge < -0.3 is 19.0 Å². The van der Waals surface area contributed by atoms with Crippen molar-refractivity contribution in [2.45, 2.75) is 6.42 Å². The Morgan fingerprint density at radius 3 is 2.30 bits per heavy atom. The van der Waals surface area contributed by atoms with E-state index < -0.39 is 5.97 Å². The molecule has 8 heteroatoms. The number of halogens is 1. The van der Waals surface area contributed by atoms with Gasteiger partial charge in [-0.1, -0.05) is 28.1 Å². The van der Waals surface area contributed by atoms with E-state index in [1.54, 1.807) is 21.9 Å². The molecule has 0 spiro atoms. The van der Waals surface area contributed by atoms with Crippen molar-refractivity contribution < 1.29 is 23.5 Å². The molecule has 1 aliphatic rings. The van der Waals surface area contributed by atoms with E-state index >= 15 is 0 Å². The lowest BCUT2D eigenvalue weighted by molar-refractivity contribution is -0.152. The third-order valence-electron chi connectivity index (χ3n) is 4.27. The maximum absolute atomic E-state index is 12.2. The van der Waals surface area contributed by atoms with E-state index in [9.17, 15) is 14.4 Å². The number of carbonyl (C=O) groups excluding carboxylic acids is 3. The summed E-state index contributed by atoms with van der Waals surface area (Å²) in [6.45, 7) is 1.34. The van der Waals surface area contributed by atoms with Crippen molar-refractivity contribution in [1.29, 1.82) is 0 Å². The number of hydrogen-bond acceptors (Lipinski definition) is 5. The first-order valence-electron chi connectivity index (χ1n) is 8.53. The van der Waals surface area contributed by atoms with Crippen LogP contribution in [0.25, 0.3) is 0 Å². The Hall–Kier alpha value is -2.61. The van der Waals surface area contributed by atoms with Gasteiger partial charge in [0.1, 0.15) is 0 Å². The Balaban J connectivity index is 1.41. The van der Waals surface area contributed by atoms with Crippen LogP contribution < -0.4 is 0 Å². The van der Waals surface area contributed by atoms with Crippen molar-refractivity contribution >= 4 is 33.7 Å². The van der Waals surface area contributed by atoms with Crippen molar-refractivity contribution in [3.8, 4) is 0 Å². The molecule has 27 heavy (non-hydrogen) atoms. The maximum Gasteiger partial charge on any atom is 0.310 e. The first-order chi connectivity index (χ1) is 13.0. The average Bonchev–Trinajstić information content (AvgIpc) is 3.22. The van der Waals surface area contributed by atoms with Gasteiger partial charge >= 0.3 is 5.97 Å². The summed E-state index contributed by atoms with van der Waals surface area (Å²) in [6, 6.07) is 10.6. The van der Waals surface area contributed by atoms with Crippen LogP contribution in [0.1, 0.15) is 16.1 Å². The zero-order valence-corrected chi connectivity index (χ0v) is 16.2. The lowest BCUT2D eigenvalue weighted by Crippen LogP contribution is -2.51. The van der Waals surface area contributed by atoms with Gasteiger partial charge in [0.05, 0.1) is 12.7 Å². The molecule has 0 unspecified atom stereocenters. The number of amides is 2. The molecular formula is C19H19BrN2O5. The fourth-order valence-electron chi connectivity index (χ4n) is 2.77. The SMILES string of the molecule is O=C(Cc1ccc(Br)cc1)OCC(=O)N1CCN(C(=O)c2ccco2)CC1. The summed E-state index contributed by atoms with van der Waals surface area (Å²) in [5.41, 5.74) is 0.820. The predicted octanol–water partition coefficient (Wildman–Crippen LogP) is 2.11. The molecule has 1 saturated heterocycles. The van der Waals surface area contributed by atoms with Crippen LogP contribution in [-0.2, 0) is 20.7 Å². The van der Waals surface area contributed by atoms with Crippen LogP contribution in [0, 0.1) is 0 Å². The number of benzene rings is 1. The molecule has 1 aromatic carbocycles. The standard InChI is InChI=1S/C19H19BrN2O5/c20-15-5-3-14(4-6-15)12-18(24)27-13-17(23)21-7-9-22(10-8-21)19(25)16-2-1-11-26-16/h1-6,11H,7-10,12-13H2. The van der Waals surface area contributed by atoms with Crippen molar-refractivity contribution in [1.82, 2.24) is 9.80 Å². The van der Waals surface area contributed by atoms with E-state index in [2.05, 4.69) is 15.9 Å². The third-order valence-corrected chi connectivity index (χ3v) is 4.80. The molecule has 0 bridgehead atoms. The number of rotatable bonds is 5. The van der Waals surface area contributed by atoms with Crippen LogP contribution in [0.15, 0.2) is 51.6 Å². The molecule has 3 rings (SSSR count). The Morgan fingerprint density at radius 1 is 1.00 bits per heavy atom. The van der Waals surface area contributed by atoms with E-state index in [1.165, 1.54) is 6.26 Å². The normalized spacial score (nSPS) is 14.1. The smallest absolute Gasteiger partial charge is 0.310 e. The van der Waals surface area contributed by atoms with Gasteiger partial charge in [-0.05, 0) is 29.8 Å². The lowest BCUT2D eigenvalue weighted by Gasteiger charge is -2.34. The minimum Gasteiger partial charge on any atom is -0.459 e. The van der Waals surface area contributed by atoms with E-state index in [-0.39, 0.29) is 30.6 Å². The molecule has 0 N–H and O–H groups in total. The molecule has 142 valence electrons. The third kappa shape index (κ3) is 5.19. The average molecular weight is 435 g/mol. The van der Waals surface area contributed by atoms with Gasteiger partial charge in [-0.3, -0.25) is 14.4 Å². The molecule has 0 saturated carbocycles. The number of nitrogens with zero attached hydrogens (tertiary/aromatic N) is 2. The number of piperazine rings is 1. The number of ether oxygens (including phenoxy) is 1. The Kier molecular flexibility index (Phi) is 6.28. The summed E-state index contributed by atoms with van der Waals surface area (Å²) in [6.07, 6.45) is 1.57. The molecule has 0 aliphatic carbocycles. The fourth-order valence-corrected chi connectivity index (χ4v) is 3.03. The topological polar surface area (TPSA) is 80.1 Å². The number of esters is 1. The van der Waals surface area contributed by atoms with Gasteiger partial charge in [-0.15, -0.1) is 0 Å². The highest BCUT2D eigenvalue weighted by Crippen LogP contribution is 2.12. The van der Waals surface area contributed by atoms with E-state index in [4.69, 9.17) is 9.15 Å². The number of hydrogen-bond donors (Lipinski definition) is 0. The molecule has 2 aromatic rings. The van der Waals surface area contributed by atoms with Gasteiger partial charge in [-0.25, -0.2) is 0 Å². The zero-order chi connectivity index (χ0) is 19.2. The summed E-state index contributed by atoms with van der Waals surface area (Å²) in [5, 5.41) is 0. The Morgan fingerprint density at radius 2 is 1.67 bits per heavy atom. The van der Waals surface area contributed by atoms with Crippen LogP contribution in [0.4, 0.5) is 0 Å². The summed E-state index contributed by atoms with van der Waals surface area (Å²) in [4.78, 5) is 39.6. The first kappa shape index (κ1) is 19.2. The van der Waals surface area contributed by atoms with Crippen LogP contribution in [0.2, 0.25) is 0 Å². The Bertz CT molecular complexity index is 796. The largest absolute Gasteiger partial charge is 0.459 e. The molecule has 1 aromatic heterocycles. The lowest BCUT2D eigenvalue weighted by atomic mass is 10.2. The second-order valence-corrected chi connectivity index (χ2v) is 7.03. The number of furan rings is 1. The van der Waals surface area contributed by atoms with Crippen molar-refractivity contribution in [3.05, 3.63) is 58.5 Å². The van der Waals surface area contributed by atoms with Gasteiger partial charge in [0.15, 0.2) is 12.4 Å². The van der Waals surface area contributed by atoms with E-state index in [0.717, 1.165) is 10.0 Å².